The van der Waals surface area contributed by atoms with Crippen LogP contribution in [0.25, 0.3) is 10.9 Å². The summed E-state index contributed by atoms with van der Waals surface area (Å²) in [6.45, 7) is 0. The molecule has 0 unspecified atom stereocenters. The molecule has 1 aromatic heterocycles. The maximum Gasteiger partial charge on any atom is 0.269 e. The highest BCUT2D eigenvalue weighted by Gasteiger charge is 2.13. The van der Waals surface area contributed by atoms with E-state index in [2.05, 4.69) is 20.6 Å². The fourth-order valence-corrected chi connectivity index (χ4v) is 3.44. The number of ether oxygens (including phenoxy) is 3. The Morgan fingerprint density at radius 2 is 1.64 bits per heavy atom. The van der Waals surface area contributed by atoms with Crippen LogP contribution < -0.4 is 24.8 Å². The molecule has 182 valence electrons. The molecule has 0 aliphatic heterocycles. The van der Waals surface area contributed by atoms with Crippen LogP contribution in [0.5, 0.6) is 23.1 Å². The summed E-state index contributed by atoms with van der Waals surface area (Å²) in [5.74, 6) is 1.42. The van der Waals surface area contributed by atoms with Crippen molar-refractivity contribution in [1.29, 1.82) is 0 Å². The second-order valence-electron chi connectivity index (χ2n) is 7.24. The Balaban J connectivity index is 1.41. The monoisotopic (exact) mass is 505 g/mol. The second-order valence-corrected chi connectivity index (χ2v) is 7.65. The van der Waals surface area contributed by atoms with E-state index in [4.69, 9.17) is 26.4 Å². The summed E-state index contributed by atoms with van der Waals surface area (Å²) in [5.41, 5.74) is 1.36. The Bertz CT molecular complexity index is 1440. The minimum absolute atomic E-state index is 0.0647. The van der Waals surface area contributed by atoms with Gasteiger partial charge in [-0.1, -0.05) is 0 Å². The molecule has 1 amide bonds. The van der Waals surface area contributed by atoms with Crippen LogP contribution in [0.3, 0.4) is 0 Å². The van der Waals surface area contributed by atoms with Crippen LogP contribution >= 0.6 is 12.2 Å². The number of nitro groups is 1. The van der Waals surface area contributed by atoms with Crippen LogP contribution in [-0.4, -0.2) is 40.1 Å². The van der Waals surface area contributed by atoms with E-state index in [1.54, 1.807) is 50.6 Å². The lowest BCUT2D eigenvalue weighted by atomic mass is 10.2. The van der Waals surface area contributed by atoms with E-state index in [-0.39, 0.29) is 16.4 Å². The predicted octanol–water partition coefficient (Wildman–Crippen LogP) is 4.47. The molecule has 0 saturated heterocycles. The lowest BCUT2D eigenvalue weighted by Crippen LogP contribution is -2.34. The first kappa shape index (κ1) is 24.3. The number of nitrogens with one attached hydrogen (secondary N) is 2. The normalized spacial score (nSPS) is 10.4. The summed E-state index contributed by atoms with van der Waals surface area (Å²) in [6.07, 6.45) is 1.39. The van der Waals surface area contributed by atoms with E-state index in [9.17, 15) is 14.9 Å². The van der Waals surface area contributed by atoms with E-state index in [0.29, 0.717) is 39.7 Å². The van der Waals surface area contributed by atoms with Crippen LogP contribution in [0.2, 0.25) is 0 Å². The van der Waals surface area contributed by atoms with Crippen LogP contribution in [0.1, 0.15) is 10.4 Å². The van der Waals surface area contributed by atoms with Crippen molar-refractivity contribution in [3.05, 3.63) is 82.7 Å². The lowest BCUT2D eigenvalue weighted by Gasteiger charge is -2.12. The lowest BCUT2D eigenvalue weighted by molar-refractivity contribution is -0.384. The van der Waals surface area contributed by atoms with Crippen molar-refractivity contribution >= 4 is 45.5 Å². The molecule has 4 aromatic rings. The van der Waals surface area contributed by atoms with Gasteiger partial charge < -0.3 is 19.5 Å². The van der Waals surface area contributed by atoms with Gasteiger partial charge in [0.15, 0.2) is 16.6 Å². The number of methoxy groups -OCH3 is 2. The third-order valence-electron chi connectivity index (χ3n) is 5.00. The van der Waals surface area contributed by atoms with Gasteiger partial charge in [-0.3, -0.25) is 20.2 Å². The van der Waals surface area contributed by atoms with Gasteiger partial charge in [0.25, 0.3) is 11.6 Å². The zero-order chi connectivity index (χ0) is 25.7. The Hall–Kier alpha value is -4.84. The van der Waals surface area contributed by atoms with Crippen molar-refractivity contribution in [2.75, 3.05) is 19.5 Å². The number of hydrogen-bond acceptors (Lipinski definition) is 9. The molecule has 0 aliphatic rings. The van der Waals surface area contributed by atoms with Gasteiger partial charge in [-0.15, -0.1) is 0 Å². The number of carbonyl (C=O) groups excluding carboxylic acids is 1. The fraction of sp³-hybridized carbons (Fsp3) is 0.0833. The number of fused-ring (bicyclic) bond motifs is 1. The molecule has 2 N–H and O–H groups in total. The van der Waals surface area contributed by atoms with Crippen LogP contribution in [-0.2, 0) is 0 Å². The first-order chi connectivity index (χ1) is 17.4. The fourth-order valence-electron chi connectivity index (χ4n) is 3.23. The van der Waals surface area contributed by atoms with Crippen molar-refractivity contribution in [3.63, 3.8) is 0 Å². The van der Waals surface area contributed by atoms with E-state index >= 15 is 0 Å². The van der Waals surface area contributed by atoms with Gasteiger partial charge in [0.2, 0.25) is 5.88 Å². The molecule has 0 aliphatic carbocycles. The van der Waals surface area contributed by atoms with Crippen molar-refractivity contribution in [1.82, 2.24) is 15.3 Å². The summed E-state index contributed by atoms with van der Waals surface area (Å²) in [4.78, 5) is 31.0. The molecule has 0 radical (unpaired) electrons. The Kier molecular flexibility index (Phi) is 7.16. The molecule has 36 heavy (non-hydrogen) atoms. The number of nitrogens with zero attached hydrogens (tertiary/aromatic N) is 3. The van der Waals surface area contributed by atoms with Crippen LogP contribution in [0.4, 0.5) is 11.4 Å². The van der Waals surface area contributed by atoms with Gasteiger partial charge in [-0.05, 0) is 54.7 Å². The molecular formula is C24H19N5O6S. The number of anilines is 1. The Morgan fingerprint density at radius 1 is 0.972 bits per heavy atom. The molecular weight excluding hydrogens is 486 g/mol. The van der Waals surface area contributed by atoms with Crippen molar-refractivity contribution in [2.45, 2.75) is 0 Å². The quantitative estimate of drug-likeness (QED) is 0.210. The molecule has 12 heteroatoms. The topological polar surface area (TPSA) is 138 Å². The highest BCUT2D eigenvalue weighted by Crippen LogP contribution is 2.35. The van der Waals surface area contributed by atoms with Gasteiger partial charge in [0.05, 0.1) is 30.0 Å². The maximum atomic E-state index is 12.3. The Labute approximate surface area is 210 Å². The van der Waals surface area contributed by atoms with E-state index in [1.807, 2.05) is 0 Å². The summed E-state index contributed by atoms with van der Waals surface area (Å²) in [6, 6.07) is 15.5. The standard InChI is InChI=1S/C24H19N5O6S/c1-33-20-11-18-19(12-21(20)34-2)25-13-26-23(18)35-17-9-5-15(6-10-17)27-24(36)28-22(30)14-3-7-16(8-4-14)29(31)32/h3-13H,1-2H3,(H2,27,28,30,36). The highest BCUT2D eigenvalue weighted by atomic mass is 32.1. The molecule has 0 bridgehead atoms. The van der Waals surface area contributed by atoms with E-state index in [1.165, 1.54) is 30.6 Å². The van der Waals surface area contributed by atoms with Gasteiger partial charge in [0, 0.05) is 29.4 Å². The van der Waals surface area contributed by atoms with Crippen molar-refractivity contribution in [3.8, 4) is 23.1 Å². The SMILES string of the molecule is COc1cc2ncnc(Oc3ccc(NC(=S)NC(=O)c4ccc([N+](=O)[O-])cc4)cc3)c2cc1OC. The van der Waals surface area contributed by atoms with Crippen LogP contribution in [0, 0.1) is 10.1 Å². The zero-order valence-electron chi connectivity index (χ0n) is 19.1. The van der Waals surface area contributed by atoms with Crippen molar-refractivity contribution in [2.24, 2.45) is 0 Å². The number of non-ortho nitro benzene ring substituents is 1. The molecule has 3 aromatic carbocycles. The summed E-state index contributed by atoms with van der Waals surface area (Å²) in [7, 11) is 3.09. The third kappa shape index (κ3) is 5.45. The first-order valence-electron chi connectivity index (χ1n) is 10.4. The van der Waals surface area contributed by atoms with Gasteiger partial charge >= 0.3 is 0 Å². The largest absolute Gasteiger partial charge is 0.493 e. The van der Waals surface area contributed by atoms with Gasteiger partial charge in [-0.2, -0.15) is 0 Å². The number of benzene rings is 3. The van der Waals surface area contributed by atoms with E-state index in [0.717, 1.165) is 0 Å². The number of hydrogen-bond donors (Lipinski definition) is 2. The molecule has 4 rings (SSSR count). The van der Waals surface area contributed by atoms with Gasteiger partial charge in [-0.25, -0.2) is 9.97 Å². The molecule has 0 atom stereocenters. The summed E-state index contributed by atoms with van der Waals surface area (Å²) < 4.78 is 16.6. The number of rotatable bonds is 7. The smallest absolute Gasteiger partial charge is 0.269 e. The van der Waals surface area contributed by atoms with Crippen molar-refractivity contribution < 1.29 is 23.9 Å². The minimum Gasteiger partial charge on any atom is -0.493 e. The number of thiocarbonyl (C=S) groups is 1. The zero-order valence-corrected chi connectivity index (χ0v) is 19.9. The average molecular weight is 506 g/mol. The number of nitro benzene ring substituents is 1. The number of amides is 1. The second kappa shape index (κ2) is 10.6. The predicted molar refractivity (Wildman–Crippen MR) is 136 cm³/mol. The highest BCUT2D eigenvalue weighted by molar-refractivity contribution is 7.80. The number of aromatic nitrogens is 2. The summed E-state index contributed by atoms with van der Waals surface area (Å²) >= 11 is 5.19. The number of carbonyl (C=O) groups is 1. The minimum atomic E-state index is -0.539. The molecule has 11 nitrogen and oxygen atoms in total. The molecule has 0 spiro atoms. The molecule has 0 saturated carbocycles. The average Bonchev–Trinajstić information content (AvgIpc) is 2.89. The first-order valence-corrected chi connectivity index (χ1v) is 10.8. The Morgan fingerprint density at radius 3 is 2.28 bits per heavy atom. The molecule has 0 fully saturated rings. The van der Waals surface area contributed by atoms with Gasteiger partial charge in [0.1, 0.15) is 12.1 Å². The summed E-state index contributed by atoms with van der Waals surface area (Å²) in [5, 5.41) is 16.9. The van der Waals surface area contributed by atoms with Crippen LogP contribution in [0.15, 0.2) is 67.0 Å². The third-order valence-corrected chi connectivity index (χ3v) is 5.20. The van der Waals surface area contributed by atoms with E-state index < -0.39 is 10.8 Å². The maximum absolute atomic E-state index is 12.3. The molecule has 1 heterocycles.